The van der Waals surface area contributed by atoms with Gasteiger partial charge in [0.25, 0.3) is 0 Å². The van der Waals surface area contributed by atoms with Crippen LogP contribution in [0.4, 0.5) is 34.1 Å². The molecule has 0 spiro atoms. The Kier molecular flexibility index (Phi) is 9.17. The highest BCUT2D eigenvalue weighted by Crippen LogP contribution is 2.51. The van der Waals surface area contributed by atoms with Crippen LogP contribution in [0.2, 0.25) is 0 Å². The smallest absolute Gasteiger partial charge is 0.137 e. The molecule has 328 valence electrons. The van der Waals surface area contributed by atoms with Gasteiger partial charge in [-0.3, -0.25) is 0 Å². The summed E-state index contributed by atoms with van der Waals surface area (Å²) in [6, 6.07) is 91.5. The van der Waals surface area contributed by atoms with Gasteiger partial charge in [0, 0.05) is 67.0 Å². The van der Waals surface area contributed by atoms with Crippen LogP contribution in [-0.4, -0.2) is 0 Å². The predicted octanol–water partition coefficient (Wildman–Crippen LogP) is 19.2. The van der Waals surface area contributed by atoms with Crippen LogP contribution in [0, 0.1) is 0 Å². The Morgan fingerprint density at radius 2 is 0.700 bits per heavy atom. The molecule has 70 heavy (non-hydrogen) atoms. The van der Waals surface area contributed by atoms with Crippen LogP contribution in [0.3, 0.4) is 0 Å². The topological polar surface area (TPSA) is 32.8 Å². The first-order valence-electron chi connectivity index (χ1n) is 23.8. The lowest BCUT2D eigenvalue weighted by Gasteiger charge is -2.32. The average Bonchev–Trinajstić information content (AvgIpc) is 3.99. The number of nitrogens with zero attached hydrogens (tertiary/aromatic N) is 2. The van der Waals surface area contributed by atoms with Gasteiger partial charge in [0.15, 0.2) is 0 Å². The highest BCUT2D eigenvalue weighted by Gasteiger charge is 2.26. The number of hydrogen-bond donors (Lipinski definition) is 0. The summed E-state index contributed by atoms with van der Waals surface area (Å²) in [5.74, 6) is 0. The van der Waals surface area contributed by atoms with Crippen LogP contribution in [0.1, 0.15) is 0 Å². The summed E-state index contributed by atoms with van der Waals surface area (Å²) >= 11 is 0. The molecule has 0 fully saturated rings. The minimum Gasteiger partial charge on any atom is -0.456 e. The molecule has 0 bridgehead atoms. The first kappa shape index (κ1) is 39.8. The van der Waals surface area contributed by atoms with E-state index in [1.165, 1.54) is 5.39 Å². The average molecular weight is 895 g/mol. The van der Waals surface area contributed by atoms with Crippen molar-refractivity contribution in [3.8, 4) is 22.3 Å². The van der Waals surface area contributed by atoms with Gasteiger partial charge in [-0.1, -0.05) is 176 Å². The molecule has 4 nitrogen and oxygen atoms in total. The number of hydrogen-bond acceptors (Lipinski definition) is 4. The van der Waals surface area contributed by atoms with E-state index in [9.17, 15) is 0 Å². The minimum absolute atomic E-state index is 0.838. The fourth-order valence-corrected chi connectivity index (χ4v) is 10.8. The molecule has 4 heteroatoms. The van der Waals surface area contributed by atoms with Gasteiger partial charge >= 0.3 is 0 Å². The maximum absolute atomic E-state index is 6.63. The van der Waals surface area contributed by atoms with Crippen molar-refractivity contribution in [1.82, 2.24) is 0 Å². The highest BCUT2D eigenvalue weighted by molar-refractivity contribution is 6.14. The summed E-state index contributed by atoms with van der Waals surface area (Å²) in [6.07, 6.45) is 0. The molecule has 2 heterocycles. The lowest BCUT2D eigenvalue weighted by Crippen LogP contribution is -2.13. The van der Waals surface area contributed by atoms with Crippen LogP contribution in [-0.2, 0) is 0 Å². The standard InChI is InChI=1S/C66H42N2O2/c1-3-17-45(18-4-1)56-39-47-33-38-60(67(58-29-15-23-43-19-7-9-25-50(43)58)48-34-36-54-52-27-11-13-31-62(52)69-64(54)40-48)66(46-21-5-2-6-22-46)57(47)42-61(56)68(59-30-16-24-44-20-8-10-26-51(44)59)49-35-37-55-53-28-12-14-32-63(53)70-65(55)41-49/h1-42H. The summed E-state index contributed by atoms with van der Waals surface area (Å²) in [5, 5.41) is 11.3. The van der Waals surface area contributed by atoms with E-state index in [0.717, 1.165) is 127 Å². The van der Waals surface area contributed by atoms with Crippen molar-refractivity contribution in [3.63, 3.8) is 0 Å². The molecule has 2 aromatic heterocycles. The number of anilines is 6. The molecule has 0 atom stereocenters. The van der Waals surface area contributed by atoms with Crippen molar-refractivity contribution in [2.24, 2.45) is 0 Å². The number of fused-ring (bicyclic) bond motifs is 9. The van der Waals surface area contributed by atoms with Crippen molar-refractivity contribution in [2.45, 2.75) is 0 Å². The molecule has 0 aliphatic carbocycles. The van der Waals surface area contributed by atoms with Crippen LogP contribution in [0.15, 0.2) is 264 Å². The summed E-state index contributed by atoms with van der Waals surface area (Å²) in [7, 11) is 0. The van der Waals surface area contributed by atoms with Gasteiger partial charge in [0.1, 0.15) is 22.3 Å². The van der Waals surface area contributed by atoms with E-state index in [2.05, 4.69) is 240 Å². The lowest BCUT2D eigenvalue weighted by molar-refractivity contribution is 0.668. The van der Waals surface area contributed by atoms with E-state index in [1.807, 2.05) is 24.3 Å². The SMILES string of the molecule is c1ccc(-c2cc3ccc(N(c4ccc5c(c4)oc4ccccc45)c4cccc5ccccc45)c(-c4ccccc4)c3cc2N(c2ccc3c(c2)oc2ccccc23)c2cccc3ccccc23)cc1. The van der Waals surface area contributed by atoms with Crippen LogP contribution >= 0.6 is 0 Å². The fourth-order valence-electron chi connectivity index (χ4n) is 10.8. The van der Waals surface area contributed by atoms with Gasteiger partial charge < -0.3 is 18.6 Å². The van der Waals surface area contributed by atoms with Crippen LogP contribution in [0.5, 0.6) is 0 Å². The minimum atomic E-state index is 0.838. The summed E-state index contributed by atoms with van der Waals surface area (Å²) in [6.45, 7) is 0. The van der Waals surface area contributed by atoms with Crippen molar-refractivity contribution in [1.29, 1.82) is 0 Å². The Labute approximate surface area is 404 Å². The molecule has 14 rings (SSSR count). The summed E-state index contributed by atoms with van der Waals surface area (Å²) < 4.78 is 13.2. The summed E-state index contributed by atoms with van der Waals surface area (Å²) in [5.41, 5.74) is 14.1. The monoisotopic (exact) mass is 894 g/mol. The second-order valence-corrected chi connectivity index (χ2v) is 18.0. The first-order chi connectivity index (χ1) is 34.7. The van der Waals surface area contributed by atoms with Crippen molar-refractivity contribution >= 4 is 110 Å². The van der Waals surface area contributed by atoms with E-state index in [4.69, 9.17) is 8.83 Å². The van der Waals surface area contributed by atoms with E-state index >= 15 is 0 Å². The van der Waals surface area contributed by atoms with E-state index < -0.39 is 0 Å². The zero-order chi connectivity index (χ0) is 46.1. The van der Waals surface area contributed by atoms with Gasteiger partial charge in [0.2, 0.25) is 0 Å². The third-order valence-corrected chi connectivity index (χ3v) is 14.0. The Morgan fingerprint density at radius 3 is 1.27 bits per heavy atom. The summed E-state index contributed by atoms with van der Waals surface area (Å²) in [4.78, 5) is 4.87. The zero-order valence-electron chi connectivity index (χ0n) is 38.0. The molecular weight excluding hydrogens is 853 g/mol. The van der Waals surface area contributed by atoms with Crippen molar-refractivity contribution in [2.75, 3.05) is 9.80 Å². The lowest BCUT2D eigenvalue weighted by atomic mass is 9.91. The van der Waals surface area contributed by atoms with Gasteiger partial charge in [0.05, 0.1) is 22.7 Å². The van der Waals surface area contributed by atoms with Crippen LogP contribution in [0.25, 0.3) is 98.4 Å². The van der Waals surface area contributed by atoms with Gasteiger partial charge in [-0.25, -0.2) is 0 Å². The van der Waals surface area contributed by atoms with Gasteiger partial charge in [-0.05, 0) is 99.4 Å². The van der Waals surface area contributed by atoms with Crippen molar-refractivity contribution in [3.05, 3.63) is 255 Å². The van der Waals surface area contributed by atoms with Crippen LogP contribution < -0.4 is 9.80 Å². The quantitative estimate of drug-likeness (QED) is 0.152. The fraction of sp³-hybridized carbons (Fsp3) is 0. The molecule has 0 radical (unpaired) electrons. The normalized spacial score (nSPS) is 11.7. The molecule has 0 unspecified atom stereocenters. The molecule has 0 amide bonds. The predicted molar refractivity (Wildman–Crippen MR) is 294 cm³/mol. The molecular formula is C66H42N2O2. The van der Waals surface area contributed by atoms with E-state index in [-0.39, 0.29) is 0 Å². The number of benzene rings is 12. The third-order valence-electron chi connectivity index (χ3n) is 14.0. The molecule has 0 aliphatic rings. The molecule has 0 saturated heterocycles. The first-order valence-corrected chi connectivity index (χ1v) is 23.8. The van der Waals surface area contributed by atoms with Crippen molar-refractivity contribution < 1.29 is 8.83 Å². The van der Waals surface area contributed by atoms with Gasteiger partial charge in [-0.15, -0.1) is 0 Å². The second-order valence-electron chi connectivity index (χ2n) is 18.0. The largest absolute Gasteiger partial charge is 0.456 e. The van der Waals surface area contributed by atoms with Gasteiger partial charge in [-0.2, -0.15) is 0 Å². The maximum atomic E-state index is 6.63. The molecule has 14 aromatic rings. The number of rotatable bonds is 8. The Bertz CT molecular complexity index is 4310. The molecule has 0 aliphatic heterocycles. The Morgan fingerprint density at radius 1 is 0.243 bits per heavy atom. The second kappa shape index (κ2) is 16.2. The maximum Gasteiger partial charge on any atom is 0.137 e. The number of para-hydroxylation sites is 2. The highest BCUT2D eigenvalue weighted by atomic mass is 16.3. The molecule has 0 saturated carbocycles. The third kappa shape index (κ3) is 6.46. The number of furan rings is 2. The molecule has 0 N–H and O–H groups in total. The zero-order valence-corrected chi connectivity index (χ0v) is 38.0. The Hall–Kier alpha value is -9.38. The van der Waals surface area contributed by atoms with E-state index in [1.54, 1.807) is 0 Å². The Balaban J connectivity index is 1.10. The molecule has 12 aromatic carbocycles. The van der Waals surface area contributed by atoms with E-state index in [0.29, 0.717) is 0 Å².